The Bertz CT molecular complexity index is 1190. The minimum Gasteiger partial charge on any atom is -0.379 e. The van der Waals surface area contributed by atoms with Crippen LogP contribution in [0.5, 0.6) is 0 Å². The molecule has 182 valence electrons. The molecule has 0 radical (unpaired) electrons. The van der Waals surface area contributed by atoms with E-state index >= 15 is 0 Å². The Balaban J connectivity index is 1.26. The van der Waals surface area contributed by atoms with Crippen molar-refractivity contribution in [1.82, 2.24) is 29.6 Å². The Hall–Kier alpha value is -3.12. The summed E-state index contributed by atoms with van der Waals surface area (Å²) in [5.41, 5.74) is -0.689. The summed E-state index contributed by atoms with van der Waals surface area (Å²) in [5, 5.41) is 6.30. The fraction of sp³-hybridized carbons (Fsp3) is 0.476. The van der Waals surface area contributed by atoms with E-state index in [1.165, 1.54) is 12.4 Å². The number of fused-ring (bicyclic) bond motifs is 1. The summed E-state index contributed by atoms with van der Waals surface area (Å²) in [6.07, 6.45) is 3.11. The lowest BCUT2D eigenvalue weighted by molar-refractivity contribution is -0.132. The number of aromatic nitrogens is 5. The number of hydrogen-bond acceptors (Lipinski definition) is 7. The second kappa shape index (κ2) is 10.4. The number of nitrogens with zero attached hydrogens (tertiary/aromatic N) is 6. The number of nitrogens with one attached hydrogen (secondary N) is 1. The van der Waals surface area contributed by atoms with Gasteiger partial charge in [0.25, 0.3) is 12.0 Å². The molecule has 10 nitrogen and oxygen atoms in total. The van der Waals surface area contributed by atoms with Gasteiger partial charge in [-0.15, -0.1) is 0 Å². The standard InChI is InChI=1S/C21H24ClF2N7O3/c1-13(31-11-15(19(23)24)18-16(31)10-27-28-20(18)33)12-34-7-2-17(32)29-3-5-30(6-4-29)21-25-8-14(22)9-26-21/h8-11,13,19H,2-7,12H2,1H3,(H,28,33). The summed E-state index contributed by atoms with van der Waals surface area (Å²) in [4.78, 5) is 36.7. The summed E-state index contributed by atoms with van der Waals surface area (Å²) in [5.74, 6) is 0.560. The molecular weight excluding hydrogens is 472 g/mol. The number of carbonyl (C=O) groups is 1. The third-order valence-corrected chi connectivity index (χ3v) is 5.93. The zero-order valence-electron chi connectivity index (χ0n) is 18.5. The Morgan fingerprint density at radius 2 is 1.91 bits per heavy atom. The molecule has 0 bridgehead atoms. The van der Waals surface area contributed by atoms with Crippen LogP contribution in [0.4, 0.5) is 14.7 Å². The van der Waals surface area contributed by atoms with E-state index in [0.29, 0.717) is 42.7 Å². The minimum absolute atomic E-state index is 0.0218. The number of piperazine rings is 1. The third kappa shape index (κ3) is 5.17. The quantitative estimate of drug-likeness (QED) is 0.478. The molecule has 0 saturated carbocycles. The molecular formula is C21H24ClF2N7O3. The maximum Gasteiger partial charge on any atom is 0.274 e. The van der Waals surface area contributed by atoms with Gasteiger partial charge in [-0.3, -0.25) is 9.59 Å². The zero-order chi connectivity index (χ0) is 24.2. The zero-order valence-corrected chi connectivity index (χ0v) is 19.2. The maximum absolute atomic E-state index is 13.4. The summed E-state index contributed by atoms with van der Waals surface area (Å²) in [7, 11) is 0. The number of ether oxygens (including phenoxy) is 1. The molecule has 1 fully saturated rings. The van der Waals surface area contributed by atoms with Gasteiger partial charge in [-0.1, -0.05) is 11.6 Å². The topological polar surface area (TPSA) is 109 Å². The highest BCUT2D eigenvalue weighted by molar-refractivity contribution is 6.30. The Labute approximate surface area is 198 Å². The van der Waals surface area contributed by atoms with E-state index in [1.54, 1.807) is 28.8 Å². The Kier molecular flexibility index (Phi) is 7.37. The summed E-state index contributed by atoms with van der Waals surface area (Å²) in [6.45, 7) is 4.51. The first kappa shape index (κ1) is 24.0. The van der Waals surface area contributed by atoms with Crippen LogP contribution in [0, 0.1) is 0 Å². The molecule has 3 aromatic rings. The van der Waals surface area contributed by atoms with Crippen molar-refractivity contribution in [2.75, 3.05) is 44.3 Å². The molecule has 1 amide bonds. The third-order valence-electron chi connectivity index (χ3n) is 5.73. The second-order valence-electron chi connectivity index (χ2n) is 7.99. The van der Waals surface area contributed by atoms with E-state index in [4.69, 9.17) is 16.3 Å². The molecule has 1 saturated heterocycles. The first-order valence-corrected chi connectivity index (χ1v) is 11.2. The maximum atomic E-state index is 13.4. The van der Waals surface area contributed by atoms with Gasteiger partial charge >= 0.3 is 0 Å². The van der Waals surface area contributed by atoms with Crippen molar-refractivity contribution >= 4 is 34.4 Å². The fourth-order valence-electron chi connectivity index (χ4n) is 3.95. The molecule has 1 atom stereocenters. The normalized spacial score (nSPS) is 15.3. The fourth-order valence-corrected chi connectivity index (χ4v) is 4.05. The predicted molar refractivity (Wildman–Crippen MR) is 121 cm³/mol. The van der Waals surface area contributed by atoms with Crippen LogP contribution < -0.4 is 10.5 Å². The molecule has 1 unspecified atom stereocenters. The van der Waals surface area contributed by atoms with Crippen LogP contribution in [0.3, 0.4) is 0 Å². The first-order valence-electron chi connectivity index (χ1n) is 10.8. The molecule has 0 spiro atoms. The van der Waals surface area contributed by atoms with Gasteiger partial charge < -0.3 is 19.1 Å². The van der Waals surface area contributed by atoms with Crippen molar-refractivity contribution < 1.29 is 18.3 Å². The number of anilines is 1. The van der Waals surface area contributed by atoms with E-state index in [1.807, 2.05) is 4.90 Å². The van der Waals surface area contributed by atoms with Gasteiger partial charge in [-0.05, 0) is 6.92 Å². The molecule has 34 heavy (non-hydrogen) atoms. The van der Waals surface area contributed by atoms with Gasteiger partial charge in [0, 0.05) is 37.9 Å². The molecule has 4 rings (SSSR count). The monoisotopic (exact) mass is 495 g/mol. The predicted octanol–water partition coefficient (Wildman–Crippen LogP) is 2.42. The second-order valence-corrected chi connectivity index (χ2v) is 8.43. The van der Waals surface area contributed by atoms with E-state index < -0.39 is 12.0 Å². The number of amides is 1. The van der Waals surface area contributed by atoms with E-state index in [0.717, 1.165) is 0 Å². The van der Waals surface area contributed by atoms with Crippen LogP contribution in [0.2, 0.25) is 5.02 Å². The van der Waals surface area contributed by atoms with Crippen LogP contribution >= 0.6 is 11.6 Å². The number of aromatic amines is 1. The number of alkyl halides is 2. The van der Waals surface area contributed by atoms with Crippen LogP contribution in [0.25, 0.3) is 10.9 Å². The Morgan fingerprint density at radius 1 is 1.21 bits per heavy atom. The summed E-state index contributed by atoms with van der Waals surface area (Å²) in [6, 6.07) is -0.336. The van der Waals surface area contributed by atoms with Gasteiger partial charge in [0.2, 0.25) is 11.9 Å². The van der Waals surface area contributed by atoms with Crippen LogP contribution in [-0.2, 0) is 9.53 Å². The first-order chi connectivity index (χ1) is 16.3. The Morgan fingerprint density at radius 3 is 2.59 bits per heavy atom. The average molecular weight is 496 g/mol. The number of hydrogen-bond donors (Lipinski definition) is 1. The lowest BCUT2D eigenvalue weighted by Gasteiger charge is -2.34. The number of halogens is 3. The molecule has 4 heterocycles. The molecule has 0 aromatic carbocycles. The lowest BCUT2D eigenvalue weighted by Crippen LogP contribution is -2.49. The highest BCUT2D eigenvalue weighted by atomic mass is 35.5. The molecule has 0 aliphatic carbocycles. The van der Waals surface area contributed by atoms with Crippen LogP contribution in [0.15, 0.2) is 29.6 Å². The SMILES string of the molecule is CC(COCCC(=O)N1CCN(c2ncc(Cl)cn2)CC1)n1cc(C(F)F)c2c(=O)[nH]ncc21. The molecule has 3 aromatic heterocycles. The van der Waals surface area contributed by atoms with E-state index in [9.17, 15) is 18.4 Å². The highest BCUT2D eigenvalue weighted by Crippen LogP contribution is 2.29. The van der Waals surface area contributed by atoms with Crippen LogP contribution in [-0.4, -0.2) is 74.9 Å². The lowest BCUT2D eigenvalue weighted by atomic mass is 10.2. The van der Waals surface area contributed by atoms with Crippen LogP contribution in [0.1, 0.15) is 31.4 Å². The molecule has 13 heteroatoms. The molecule has 1 aliphatic rings. The summed E-state index contributed by atoms with van der Waals surface area (Å²) < 4.78 is 34.0. The smallest absolute Gasteiger partial charge is 0.274 e. The van der Waals surface area contributed by atoms with Crippen molar-refractivity contribution in [3.05, 3.63) is 45.7 Å². The van der Waals surface area contributed by atoms with Gasteiger partial charge in [0.05, 0.1) is 60.2 Å². The van der Waals surface area contributed by atoms with Crippen molar-refractivity contribution in [3.63, 3.8) is 0 Å². The number of carbonyl (C=O) groups excluding carboxylic acids is 1. The van der Waals surface area contributed by atoms with Gasteiger partial charge in [-0.2, -0.15) is 5.10 Å². The average Bonchev–Trinajstić information content (AvgIpc) is 3.24. The number of rotatable bonds is 8. The summed E-state index contributed by atoms with van der Waals surface area (Å²) >= 11 is 5.82. The van der Waals surface area contributed by atoms with E-state index in [2.05, 4.69) is 20.2 Å². The molecule has 1 aliphatic heterocycles. The van der Waals surface area contributed by atoms with Crippen molar-refractivity contribution in [3.8, 4) is 0 Å². The molecule has 1 N–H and O–H groups in total. The van der Waals surface area contributed by atoms with Gasteiger partial charge in [0.1, 0.15) is 0 Å². The van der Waals surface area contributed by atoms with Gasteiger partial charge in [0.15, 0.2) is 0 Å². The largest absolute Gasteiger partial charge is 0.379 e. The van der Waals surface area contributed by atoms with E-state index in [-0.39, 0.29) is 42.5 Å². The van der Waals surface area contributed by atoms with Crippen molar-refractivity contribution in [2.45, 2.75) is 25.8 Å². The van der Waals surface area contributed by atoms with Crippen molar-refractivity contribution in [1.29, 1.82) is 0 Å². The van der Waals surface area contributed by atoms with Crippen molar-refractivity contribution in [2.24, 2.45) is 0 Å². The number of H-pyrrole nitrogens is 1. The van der Waals surface area contributed by atoms with Gasteiger partial charge in [-0.25, -0.2) is 23.8 Å². The minimum atomic E-state index is -2.79. The highest BCUT2D eigenvalue weighted by Gasteiger charge is 2.23.